The lowest BCUT2D eigenvalue weighted by Crippen LogP contribution is -1.97. The van der Waals surface area contributed by atoms with Crippen LogP contribution in [0.2, 0.25) is 0 Å². The molecular formula is C15H14Br2. The molecule has 2 rings (SSSR count). The number of alkyl halides is 1. The zero-order chi connectivity index (χ0) is 12.3. The van der Waals surface area contributed by atoms with E-state index in [1.54, 1.807) is 0 Å². The predicted molar refractivity (Wildman–Crippen MR) is 80.7 cm³/mol. The van der Waals surface area contributed by atoms with Crippen molar-refractivity contribution in [3.8, 4) is 0 Å². The molecule has 0 heterocycles. The van der Waals surface area contributed by atoms with E-state index in [1.165, 1.54) is 16.7 Å². The van der Waals surface area contributed by atoms with Crippen molar-refractivity contribution in [1.82, 2.24) is 0 Å². The van der Waals surface area contributed by atoms with Crippen molar-refractivity contribution < 1.29 is 0 Å². The second-order valence-electron chi connectivity index (χ2n) is 4.16. The molecule has 0 spiro atoms. The first kappa shape index (κ1) is 12.8. The summed E-state index contributed by atoms with van der Waals surface area (Å²) >= 11 is 7.28. The van der Waals surface area contributed by atoms with Crippen LogP contribution in [0.3, 0.4) is 0 Å². The molecule has 0 radical (unpaired) electrons. The van der Waals surface area contributed by atoms with Gasteiger partial charge in [0, 0.05) is 9.30 Å². The van der Waals surface area contributed by atoms with E-state index in [2.05, 4.69) is 87.3 Å². The smallest absolute Gasteiger partial charge is 0.0438 e. The Morgan fingerprint density at radius 3 is 2.41 bits per heavy atom. The summed E-state index contributed by atoms with van der Waals surface area (Å²) in [4.78, 5) is 0.373. The molecule has 88 valence electrons. The maximum absolute atomic E-state index is 3.78. The minimum absolute atomic E-state index is 0.373. The second-order valence-corrected chi connectivity index (χ2v) is 6.18. The molecule has 0 aliphatic heterocycles. The number of aryl methyl sites for hydroxylation is 1. The normalized spacial score (nSPS) is 12.4. The molecule has 1 unspecified atom stereocenters. The molecule has 0 aliphatic carbocycles. The Hall–Kier alpha value is -0.600. The van der Waals surface area contributed by atoms with Crippen LogP contribution in [-0.4, -0.2) is 0 Å². The maximum Gasteiger partial charge on any atom is 0.0438 e. The molecule has 2 aromatic rings. The summed E-state index contributed by atoms with van der Waals surface area (Å²) in [5.74, 6) is 0. The fourth-order valence-electron chi connectivity index (χ4n) is 1.92. The van der Waals surface area contributed by atoms with E-state index in [0.29, 0.717) is 4.83 Å². The van der Waals surface area contributed by atoms with E-state index in [1.807, 2.05) is 0 Å². The zero-order valence-corrected chi connectivity index (χ0v) is 12.8. The molecule has 0 amide bonds. The van der Waals surface area contributed by atoms with Crippen molar-refractivity contribution in [3.63, 3.8) is 0 Å². The molecule has 0 saturated carbocycles. The van der Waals surface area contributed by atoms with E-state index in [4.69, 9.17) is 0 Å². The summed E-state index contributed by atoms with van der Waals surface area (Å²) in [6.45, 7) is 2.15. The Labute approximate surface area is 119 Å². The third kappa shape index (κ3) is 3.43. The molecule has 0 N–H and O–H groups in total. The van der Waals surface area contributed by atoms with E-state index in [-0.39, 0.29) is 0 Å². The van der Waals surface area contributed by atoms with Gasteiger partial charge < -0.3 is 0 Å². The van der Waals surface area contributed by atoms with Gasteiger partial charge >= 0.3 is 0 Å². The molecule has 17 heavy (non-hydrogen) atoms. The van der Waals surface area contributed by atoms with Crippen LogP contribution in [0.5, 0.6) is 0 Å². The summed E-state index contributed by atoms with van der Waals surface area (Å²) in [7, 11) is 0. The number of hydrogen-bond acceptors (Lipinski definition) is 0. The summed E-state index contributed by atoms with van der Waals surface area (Å²) in [6, 6.07) is 17.0. The fraction of sp³-hybridized carbons (Fsp3) is 0.200. The predicted octanol–water partition coefficient (Wildman–Crippen LogP) is 5.44. The Balaban J connectivity index is 2.17. The van der Waals surface area contributed by atoms with Crippen molar-refractivity contribution in [3.05, 3.63) is 69.7 Å². The Bertz CT molecular complexity index is 492. The Kier molecular flexibility index (Phi) is 4.41. The van der Waals surface area contributed by atoms with Gasteiger partial charge in [0.2, 0.25) is 0 Å². The number of halogens is 2. The molecule has 2 aromatic carbocycles. The van der Waals surface area contributed by atoms with E-state index in [9.17, 15) is 0 Å². The summed E-state index contributed by atoms with van der Waals surface area (Å²) < 4.78 is 1.14. The van der Waals surface area contributed by atoms with Crippen LogP contribution in [0.1, 0.15) is 21.5 Å². The van der Waals surface area contributed by atoms with Crippen LogP contribution in [0, 0.1) is 6.92 Å². The molecule has 0 aliphatic rings. The molecule has 1 atom stereocenters. The molecule has 0 nitrogen and oxygen atoms in total. The standard InChI is InChI=1S/C15H14Br2/c1-11-9-13(16)7-8-14(11)15(17)10-12-5-3-2-4-6-12/h2-9,15H,10H2,1H3. The topological polar surface area (TPSA) is 0 Å². The van der Waals surface area contributed by atoms with Crippen molar-refractivity contribution in [2.75, 3.05) is 0 Å². The van der Waals surface area contributed by atoms with Crippen LogP contribution in [0.4, 0.5) is 0 Å². The van der Waals surface area contributed by atoms with Gasteiger partial charge in [-0.1, -0.05) is 68.3 Å². The van der Waals surface area contributed by atoms with Gasteiger partial charge in [-0.3, -0.25) is 0 Å². The highest BCUT2D eigenvalue weighted by Crippen LogP contribution is 2.30. The van der Waals surface area contributed by atoms with Gasteiger partial charge in [0.15, 0.2) is 0 Å². The van der Waals surface area contributed by atoms with Crippen LogP contribution in [0.15, 0.2) is 53.0 Å². The summed E-state index contributed by atoms with van der Waals surface area (Å²) in [5, 5.41) is 0. The highest BCUT2D eigenvalue weighted by atomic mass is 79.9. The highest BCUT2D eigenvalue weighted by Gasteiger charge is 2.10. The van der Waals surface area contributed by atoms with Gasteiger partial charge in [-0.05, 0) is 42.2 Å². The van der Waals surface area contributed by atoms with Gasteiger partial charge in [0.1, 0.15) is 0 Å². The van der Waals surface area contributed by atoms with Crippen LogP contribution < -0.4 is 0 Å². The lowest BCUT2D eigenvalue weighted by molar-refractivity contribution is 0.938. The van der Waals surface area contributed by atoms with Crippen molar-refractivity contribution in [2.45, 2.75) is 18.2 Å². The van der Waals surface area contributed by atoms with Crippen molar-refractivity contribution in [1.29, 1.82) is 0 Å². The Morgan fingerprint density at radius 2 is 1.76 bits per heavy atom. The first-order valence-corrected chi connectivity index (χ1v) is 7.32. The summed E-state index contributed by atoms with van der Waals surface area (Å²) in [5.41, 5.74) is 4.03. The van der Waals surface area contributed by atoms with E-state index in [0.717, 1.165) is 10.9 Å². The molecule has 0 saturated heterocycles. The first-order chi connectivity index (χ1) is 8.16. The average Bonchev–Trinajstić information content (AvgIpc) is 2.30. The van der Waals surface area contributed by atoms with Crippen molar-refractivity contribution >= 4 is 31.9 Å². The maximum atomic E-state index is 3.78. The average molecular weight is 354 g/mol. The van der Waals surface area contributed by atoms with E-state index >= 15 is 0 Å². The van der Waals surface area contributed by atoms with Gasteiger partial charge in [0.25, 0.3) is 0 Å². The summed E-state index contributed by atoms with van der Waals surface area (Å²) in [6.07, 6.45) is 1.02. The zero-order valence-electron chi connectivity index (χ0n) is 9.66. The number of rotatable bonds is 3. The van der Waals surface area contributed by atoms with Gasteiger partial charge in [-0.25, -0.2) is 0 Å². The number of hydrogen-bond donors (Lipinski definition) is 0. The van der Waals surface area contributed by atoms with E-state index < -0.39 is 0 Å². The fourth-order valence-corrected chi connectivity index (χ4v) is 3.28. The molecule has 0 fully saturated rings. The Morgan fingerprint density at radius 1 is 1.06 bits per heavy atom. The molecule has 0 bridgehead atoms. The largest absolute Gasteiger partial charge is 0.0835 e. The molecular weight excluding hydrogens is 340 g/mol. The lowest BCUT2D eigenvalue weighted by atomic mass is 10.0. The van der Waals surface area contributed by atoms with Gasteiger partial charge in [-0.15, -0.1) is 0 Å². The highest BCUT2D eigenvalue weighted by molar-refractivity contribution is 9.10. The number of benzene rings is 2. The van der Waals surface area contributed by atoms with Gasteiger partial charge in [-0.2, -0.15) is 0 Å². The quantitative estimate of drug-likeness (QED) is 0.645. The third-order valence-corrected chi connectivity index (χ3v) is 4.14. The second kappa shape index (κ2) is 5.83. The van der Waals surface area contributed by atoms with Crippen LogP contribution >= 0.6 is 31.9 Å². The lowest BCUT2D eigenvalue weighted by Gasteiger charge is -2.13. The van der Waals surface area contributed by atoms with Crippen LogP contribution in [0.25, 0.3) is 0 Å². The SMILES string of the molecule is Cc1cc(Br)ccc1C(Br)Cc1ccccc1. The van der Waals surface area contributed by atoms with Crippen LogP contribution in [-0.2, 0) is 6.42 Å². The third-order valence-electron chi connectivity index (χ3n) is 2.83. The van der Waals surface area contributed by atoms with Gasteiger partial charge in [0.05, 0.1) is 0 Å². The molecule has 2 heteroatoms. The minimum atomic E-state index is 0.373. The monoisotopic (exact) mass is 352 g/mol. The van der Waals surface area contributed by atoms with Crippen molar-refractivity contribution in [2.24, 2.45) is 0 Å². The minimum Gasteiger partial charge on any atom is -0.0835 e. The molecule has 0 aromatic heterocycles. The first-order valence-electron chi connectivity index (χ1n) is 5.61.